The smallest absolute Gasteiger partial charge is 0.323 e. The van der Waals surface area contributed by atoms with Crippen molar-refractivity contribution in [1.29, 1.82) is 0 Å². The van der Waals surface area contributed by atoms with Gasteiger partial charge in [-0.1, -0.05) is 25.2 Å². The zero-order chi connectivity index (χ0) is 12.3. The summed E-state index contributed by atoms with van der Waals surface area (Å²) in [5.74, 6) is 0.729. The molecule has 1 saturated heterocycles. The summed E-state index contributed by atoms with van der Waals surface area (Å²) in [4.78, 5) is 13.8. The maximum absolute atomic E-state index is 11.9. The maximum atomic E-state index is 11.9. The first-order chi connectivity index (χ1) is 8.19. The molecule has 0 aromatic carbocycles. The van der Waals surface area contributed by atoms with Gasteiger partial charge in [0.15, 0.2) is 0 Å². The van der Waals surface area contributed by atoms with Crippen LogP contribution in [0, 0.1) is 5.92 Å². The number of hydrogen-bond donors (Lipinski definition) is 1. The SMILES string of the molecule is CCc1nnc(NC(=O)N2CCC(C)CC2)s1. The summed E-state index contributed by atoms with van der Waals surface area (Å²) in [6, 6.07) is -0.0456. The second-order valence-corrected chi connectivity index (χ2v) is 5.52. The van der Waals surface area contributed by atoms with E-state index in [-0.39, 0.29) is 6.03 Å². The predicted octanol–water partition coefficient (Wildman–Crippen LogP) is 2.36. The minimum Gasteiger partial charge on any atom is -0.324 e. The molecule has 0 bridgehead atoms. The molecule has 1 aromatic heterocycles. The molecule has 0 unspecified atom stereocenters. The van der Waals surface area contributed by atoms with E-state index < -0.39 is 0 Å². The maximum Gasteiger partial charge on any atom is 0.323 e. The van der Waals surface area contributed by atoms with Gasteiger partial charge in [0.2, 0.25) is 5.13 Å². The molecule has 1 N–H and O–H groups in total. The quantitative estimate of drug-likeness (QED) is 0.881. The average Bonchev–Trinajstić information content (AvgIpc) is 2.77. The van der Waals surface area contributed by atoms with Gasteiger partial charge < -0.3 is 4.90 Å². The largest absolute Gasteiger partial charge is 0.324 e. The fraction of sp³-hybridized carbons (Fsp3) is 0.727. The average molecular weight is 254 g/mol. The highest BCUT2D eigenvalue weighted by Gasteiger charge is 2.20. The number of aromatic nitrogens is 2. The summed E-state index contributed by atoms with van der Waals surface area (Å²) < 4.78 is 0. The lowest BCUT2D eigenvalue weighted by Crippen LogP contribution is -2.40. The van der Waals surface area contributed by atoms with E-state index in [2.05, 4.69) is 22.4 Å². The molecule has 6 heteroatoms. The van der Waals surface area contributed by atoms with E-state index in [1.807, 2.05) is 11.8 Å². The molecule has 2 heterocycles. The zero-order valence-corrected chi connectivity index (χ0v) is 11.1. The molecule has 17 heavy (non-hydrogen) atoms. The predicted molar refractivity (Wildman–Crippen MR) is 68.3 cm³/mol. The number of anilines is 1. The van der Waals surface area contributed by atoms with E-state index in [4.69, 9.17) is 0 Å². The van der Waals surface area contributed by atoms with E-state index in [0.717, 1.165) is 43.3 Å². The number of carbonyl (C=O) groups excluding carboxylic acids is 1. The molecular weight excluding hydrogens is 236 g/mol. The van der Waals surface area contributed by atoms with Crippen LogP contribution in [0.15, 0.2) is 0 Å². The first kappa shape index (κ1) is 12.3. The second kappa shape index (κ2) is 5.44. The lowest BCUT2D eigenvalue weighted by atomic mass is 10.00. The Kier molecular flexibility index (Phi) is 3.93. The van der Waals surface area contributed by atoms with Crippen molar-refractivity contribution >= 4 is 22.5 Å². The topological polar surface area (TPSA) is 58.1 Å². The van der Waals surface area contributed by atoms with Crippen molar-refractivity contribution < 1.29 is 4.79 Å². The molecule has 1 aromatic rings. The van der Waals surface area contributed by atoms with Crippen molar-refractivity contribution in [2.24, 2.45) is 5.92 Å². The number of aryl methyl sites for hydroxylation is 1. The third kappa shape index (κ3) is 3.15. The molecule has 0 atom stereocenters. The number of carbonyl (C=O) groups is 1. The zero-order valence-electron chi connectivity index (χ0n) is 10.3. The van der Waals surface area contributed by atoms with Crippen molar-refractivity contribution in [2.45, 2.75) is 33.1 Å². The molecule has 5 nitrogen and oxygen atoms in total. The number of amides is 2. The van der Waals surface area contributed by atoms with Crippen LogP contribution in [0.4, 0.5) is 9.93 Å². The van der Waals surface area contributed by atoms with E-state index in [0.29, 0.717) is 5.13 Å². The minimum absolute atomic E-state index is 0.0456. The third-order valence-corrected chi connectivity index (χ3v) is 4.04. The number of hydrogen-bond acceptors (Lipinski definition) is 4. The lowest BCUT2D eigenvalue weighted by Gasteiger charge is -2.29. The molecule has 1 fully saturated rings. The van der Waals surface area contributed by atoms with E-state index >= 15 is 0 Å². The van der Waals surface area contributed by atoms with Crippen LogP contribution in [0.3, 0.4) is 0 Å². The fourth-order valence-corrected chi connectivity index (χ4v) is 2.50. The monoisotopic (exact) mass is 254 g/mol. The Morgan fingerprint density at radius 1 is 1.47 bits per heavy atom. The molecule has 0 radical (unpaired) electrons. The normalized spacial score (nSPS) is 17.2. The number of piperidine rings is 1. The van der Waals surface area contributed by atoms with Gasteiger partial charge in [-0.15, -0.1) is 10.2 Å². The molecule has 94 valence electrons. The van der Waals surface area contributed by atoms with Crippen LogP contribution < -0.4 is 5.32 Å². The van der Waals surface area contributed by atoms with E-state index in [1.165, 1.54) is 11.3 Å². The molecule has 2 rings (SSSR count). The Morgan fingerprint density at radius 3 is 2.76 bits per heavy atom. The number of rotatable bonds is 2. The number of nitrogens with one attached hydrogen (secondary N) is 1. The van der Waals surface area contributed by atoms with Crippen molar-refractivity contribution in [3.05, 3.63) is 5.01 Å². The molecular formula is C11H18N4OS. The minimum atomic E-state index is -0.0456. The molecule has 1 aliphatic heterocycles. The highest BCUT2D eigenvalue weighted by Crippen LogP contribution is 2.19. The van der Waals surface area contributed by atoms with Crippen LogP contribution in [0.25, 0.3) is 0 Å². The first-order valence-electron chi connectivity index (χ1n) is 6.07. The van der Waals surface area contributed by atoms with Gasteiger partial charge in [0.25, 0.3) is 0 Å². The van der Waals surface area contributed by atoms with E-state index in [9.17, 15) is 4.79 Å². The Morgan fingerprint density at radius 2 is 2.18 bits per heavy atom. The molecule has 2 amide bonds. The number of nitrogens with zero attached hydrogens (tertiary/aromatic N) is 3. The number of likely N-dealkylation sites (tertiary alicyclic amines) is 1. The van der Waals surface area contributed by atoms with Gasteiger partial charge in [-0.2, -0.15) is 0 Å². The van der Waals surface area contributed by atoms with Crippen molar-refractivity contribution in [3.8, 4) is 0 Å². The molecule has 1 aliphatic rings. The van der Waals surface area contributed by atoms with Gasteiger partial charge >= 0.3 is 6.03 Å². The van der Waals surface area contributed by atoms with Crippen LogP contribution >= 0.6 is 11.3 Å². The Bertz CT molecular complexity index is 385. The lowest BCUT2D eigenvalue weighted by molar-refractivity contribution is 0.186. The summed E-state index contributed by atoms with van der Waals surface area (Å²) in [6.45, 7) is 5.94. The summed E-state index contributed by atoms with van der Waals surface area (Å²) >= 11 is 1.44. The fourth-order valence-electron chi connectivity index (χ4n) is 1.83. The van der Waals surface area contributed by atoms with Gasteiger partial charge in [0.05, 0.1) is 0 Å². The summed E-state index contributed by atoms with van der Waals surface area (Å²) in [6.07, 6.45) is 3.03. The summed E-state index contributed by atoms with van der Waals surface area (Å²) in [5, 5.41) is 12.3. The molecule has 0 saturated carbocycles. The van der Waals surface area contributed by atoms with Gasteiger partial charge in [-0.25, -0.2) is 4.79 Å². The van der Waals surface area contributed by atoms with Gasteiger partial charge in [-0.05, 0) is 25.2 Å². The van der Waals surface area contributed by atoms with Gasteiger partial charge in [0, 0.05) is 13.1 Å². The van der Waals surface area contributed by atoms with Crippen molar-refractivity contribution in [2.75, 3.05) is 18.4 Å². The second-order valence-electron chi connectivity index (χ2n) is 4.45. The molecule has 0 spiro atoms. The van der Waals surface area contributed by atoms with E-state index in [1.54, 1.807) is 0 Å². The van der Waals surface area contributed by atoms with Crippen LogP contribution in [0.5, 0.6) is 0 Å². The summed E-state index contributed by atoms with van der Waals surface area (Å²) in [5.41, 5.74) is 0. The standard InChI is InChI=1S/C11H18N4OS/c1-3-9-13-14-10(17-9)12-11(16)15-6-4-8(2)5-7-15/h8H,3-7H2,1-2H3,(H,12,14,16). The summed E-state index contributed by atoms with van der Waals surface area (Å²) in [7, 11) is 0. The van der Waals surface area contributed by atoms with Crippen LogP contribution in [0.2, 0.25) is 0 Å². The highest BCUT2D eigenvalue weighted by atomic mass is 32.1. The Balaban J connectivity index is 1.88. The third-order valence-electron chi connectivity index (χ3n) is 3.05. The van der Waals surface area contributed by atoms with Crippen molar-refractivity contribution in [3.63, 3.8) is 0 Å². The first-order valence-corrected chi connectivity index (χ1v) is 6.89. The number of urea groups is 1. The Hall–Kier alpha value is -1.17. The molecule has 0 aliphatic carbocycles. The van der Waals surface area contributed by atoms with Crippen LogP contribution in [-0.2, 0) is 6.42 Å². The Labute approximate surface area is 105 Å². The van der Waals surface area contributed by atoms with Crippen LogP contribution in [0.1, 0.15) is 31.7 Å². The van der Waals surface area contributed by atoms with Gasteiger partial charge in [-0.3, -0.25) is 5.32 Å². The highest BCUT2D eigenvalue weighted by molar-refractivity contribution is 7.15. The van der Waals surface area contributed by atoms with Crippen LogP contribution in [-0.4, -0.2) is 34.2 Å². The van der Waals surface area contributed by atoms with Crippen molar-refractivity contribution in [1.82, 2.24) is 15.1 Å². The van der Waals surface area contributed by atoms with Gasteiger partial charge in [0.1, 0.15) is 5.01 Å².